The number of benzene rings is 2. The van der Waals surface area contributed by atoms with Gasteiger partial charge >= 0.3 is 0 Å². The van der Waals surface area contributed by atoms with Crippen LogP contribution in [-0.2, 0) is 10.6 Å². The number of aromatic nitrogens is 3. The molecule has 2 radical (unpaired) electrons. The van der Waals surface area contributed by atoms with Crippen molar-refractivity contribution in [3.05, 3.63) is 66.9 Å². The molecule has 4 aromatic rings. The number of carbonyl (C=O) groups excluding carboxylic acids is 1. The van der Waals surface area contributed by atoms with E-state index in [4.69, 9.17) is 22.8 Å². The zero-order valence-corrected chi connectivity index (χ0v) is 23.6. The van der Waals surface area contributed by atoms with Crippen molar-refractivity contribution < 1.29 is 30.0 Å². The zero-order chi connectivity index (χ0) is 30.6. The molecule has 14 heteroatoms. The predicted octanol–water partition coefficient (Wildman–Crippen LogP) is 2.47. The number of hydrogen-bond donors (Lipinski definition) is 6. The molecule has 0 fully saturated rings. The molecule has 0 bridgehead atoms. The van der Waals surface area contributed by atoms with Crippen LogP contribution in [0, 0.1) is 0 Å². The minimum absolute atomic E-state index is 0.188. The van der Waals surface area contributed by atoms with Crippen molar-refractivity contribution in [3.8, 4) is 17.0 Å². The third kappa shape index (κ3) is 6.91. The van der Waals surface area contributed by atoms with Gasteiger partial charge < -0.3 is 50.2 Å². The number of rotatable bonds is 11. The van der Waals surface area contributed by atoms with Crippen LogP contribution in [0.2, 0.25) is 0 Å². The van der Waals surface area contributed by atoms with Crippen LogP contribution in [0.3, 0.4) is 0 Å². The lowest BCUT2D eigenvalue weighted by Gasteiger charge is -2.26. The molecule has 2 aromatic carbocycles. The van der Waals surface area contributed by atoms with Crippen LogP contribution in [0.15, 0.2) is 66.9 Å². The monoisotopic (exact) mass is 573 g/mol. The van der Waals surface area contributed by atoms with Crippen LogP contribution in [0.5, 0.6) is 5.75 Å². The molecular weight excluding hydrogens is 541 g/mol. The minimum Gasteiger partial charge on any atom is -0.494 e. The molecule has 1 amide bonds. The smallest absolute Gasteiger partial charge is 0.279 e. The lowest BCUT2D eigenvalue weighted by molar-refractivity contribution is -0.148. The van der Waals surface area contributed by atoms with Gasteiger partial charge in [0.1, 0.15) is 5.75 Å². The number of nitrogens with zero attached hydrogens (tertiary/aromatic N) is 5. The summed E-state index contributed by atoms with van der Waals surface area (Å²) in [4.78, 5) is 25.3. The maximum atomic E-state index is 12.4. The average molecular weight is 573 g/mol. The van der Waals surface area contributed by atoms with E-state index in [-0.39, 0.29) is 5.95 Å². The second-order valence-electron chi connectivity index (χ2n) is 9.79. The third-order valence-electron chi connectivity index (χ3n) is 6.37. The van der Waals surface area contributed by atoms with Crippen LogP contribution in [-0.4, -0.2) is 95.0 Å². The summed E-state index contributed by atoms with van der Waals surface area (Å²) in [7, 11) is 12.8. The van der Waals surface area contributed by atoms with Crippen molar-refractivity contribution in [3.63, 3.8) is 0 Å². The molecule has 0 saturated heterocycles. The van der Waals surface area contributed by atoms with Crippen molar-refractivity contribution in [1.29, 1.82) is 0 Å². The summed E-state index contributed by atoms with van der Waals surface area (Å²) in [5, 5.41) is 44.9. The summed E-state index contributed by atoms with van der Waals surface area (Å²) in [6.07, 6.45) is 3.68. The Labute approximate surface area is 243 Å². The van der Waals surface area contributed by atoms with Crippen LogP contribution < -0.4 is 20.3 Å². The van der Waals surface area contributed by atoms with Gasteiger partial charge in [-0.05, 0) is 32.3 Å². The van der Waals surface area contributed by atoms with Crippen LogP contribution >= 0.6 is 0 Å². The summed E-state index contributed by atoms with van der Waals surface area (Å²) < 4.78 is 6.77. The van der Waals surface area contributed by atoms with Gasteiger partial charge in [-0.25, -0.2) is 9.97 Å². The molecule has 0 atom stereocenters. The number of carbonyl (C=O) groups is 1. The highest BCUT2D eigenvalue weighted by Crippen LogP contribution is 2.38. The summed E-state index contributed by atoms with van der Waals surface area (Å²) in [5.41, 5.74) is 2.96. The van der Waals surface area contributed by atoms with Gasteiger partial charge in [0.25, 0.3) is 11.9 Å². The lowest BCUT2D eigenvalue weighted by Crippen LogP contribution is -2.32. The highest BCUT2D eigenvalue weighted by Gasteiger charge is 2.23. The molecule has 2 heterocycles. The van der Waals surface area contributed by atoms with E-state index < -0.39 is 17.7 Å². The van der Waals surface area contributed by atoms with Crippen molar-refractivity contribution in [2.45, 2.75) is 5.81 Å². The number of anilines is 4. The number of para-hydroxylation sites is 1. The van der Waals surface area contributed by atoms with Crippen molar-refractivity contribution >= 4 is 47.7 Å². The standard InChI is InChI=1S/C28H32BN7O6/c1-34(2)11-12-35(3)23-14-24(42-4)21(13-20(23)31-25(37)15-26(38)39)33-27-30-10-9-19(32-27)18-16-36(28(29,40)41)22-8-6-5-7-17(18)22/h5-10,13-16,38-41H,11-12H2,1-4H3,(H,31,37)(H,30,32,33). The highest BCUT2D eigenvalue weighted by atomic mass is 16.5. The van der Waals surface area contributed by atoms with Gasteiger partial charge in [0.2, 0.25) is 5.95 Å². The molecule has 42 heavy (non-hydrogen) atoms. The van der Waals surface area contributed by atoms with Crippen molar-refractivity contribution in [2.24, 2.45) is 0 Å². The molecule has 2 aromatic heterocycles. The number of amides is 1. The molecule has 6 N–H and O–H groups in total. The van der Waals surface area contributed by atoms with Gasteiger partial charge in [0.05, 0.1) is 41.5 Å². The third-order valence-corrected chi connectivity index (χ3v) is 6.37. The fourth-order valence-corrected chi connectivity index (χ4v) is 4.35. The quantitative estimate of drug-likeness (QED) is 0.0675. The molecule has 0 aliphatic heterocycles. The van der Waals surface area contributed by atoms with E-state index in [0.717, 1.165) is 11.1 Å². The van der Waals surface area contributed by atoms with E-state index in [9.17, 15) is 15.0 Å². The summed E-state index contributed by atoms with van der Waals surface area (Å²) in [5.74, 6) is -3.87. The first-order valence-corrected chi connectivity index (χ1v) is 12.8. The Morgan fingerprint density at radius 1 is 1.12 bits per heavy atom. The fourth-order valence-electron chi connectivity index (χ4n) is 4.35. The largest absolute Gasteiger partial charge is 0.494 e. The first-order valence-electron chi connectivity index (χ1n) is 12.8. The minimum atomic E-state index is -2.62. The second-order valence-corrected chi connectivity index (χ2v) is 9.79. The number of likely N-dealkylation sites (N-methyl/N-ethyl adjacent to an activating group) is 2. The van der Waals surface area contributed by atoms with Gasteiger partial charge in [-0.3, -0.25) is 4.79 Å². The van der Waals surface area contributed by atoms with Gasteiger partial charge in [0.15, 0.2) is 13.7 Å². The van der Waals surface area contributed by atoms with Gasteiger partial charge in [-0.1, -0.05) is 18.2 Å². The van der Waals surface area contributed by atoms with E-state index in [0.29, 0.717) is 57.6 Å². The van der Waals surface area contributed by atoms with Gasteiger partial charge in [-0.2, -0.15) is 0 Å². The van der Waals surface area contributed by atoms with E-state index in [1.165, 1.54) is 19.5 Å². The van der Waals surface area contributed by atoms with Crippen LogP contribution in [0.25, 0.3) is 22.2 Å². The average Bonchev–Trinajstić information content (AvgIpc) is 3.32. The molecule has 4 rings (SSSR count). The Bertz CT molecular complexity index is 1610. The maximum absolute atomic E-state index is 12.4. The zero-order valence-electron chi connectivity index (χ0n) is 23.6. The second kappa shape index (κ2) is 12.4. The van der Waals surface area contributed by atoms with Crippen molar-refractivity contribution in [1.82, 2.24) is 19.4 Å². The van der Waals surface area contributed by atoms with E-state index in [2.05, 4.69) is 20.6 Å². The Balaban J connectivity index is 1.74. The van der Waals surface area contributed by atoms with Gasteiger partial charge in [-0.15, -0.1) is 0 Å². The Kier molecular flexibility index (Phi) is 8.90. The van der Waals surface area contributed by atoms with Crippen LogP contribution in [0.4, 0.5) is 23.0 Å². The van der Waals surface area contributed by atoms with Gasteiger partial charge in [0, 0.05) is 49.5 Å². The fraction of sp³-hybridized carbons (Fsp3) is 0.250. The first kappa shape index (κ1) is 30.2. The molecule has 218 valence electrons. The molecular formula is C28H32BN7O6. The van der Waals surface area contributed by atoms with E-state index >= 15 is 0 Å². The Morgan fingerprint density at radius 3 is 2.52 bits per heavy atom. The number of ether oxygens (including phenoxy) is 1. The number of fused-ring (bicyclic) bond motifs is 1. The molecule has 0 saturated carbocycles. The number of methoxy groups -OCH3 is 1. The Hall–Kier alpha value is -4.79. The van der Waals surface area contributed by atoms with E-state index in [1.807, 2.05) is 43.1 Å². The normalized spacial score (nSPS) is 11.4. The molecule has 0 aliphatic carbocycles. The molecule has 13 nitrogen and oxygen atoms in total. The summed E-state index contributed by atoms with van der Waals surface area (Å²) >= 11 is 0. The molecule has 0 unspecified atom stereocenters. The van der Waals surface area contributed by atoms with E-state index in [1.54, 1.807) is 30.3 Å². The number of hydrogen-bond acceptors (Lipinski definition) is 11. The topological polar surface area (TPSA) is 168 Å². The number of aliphatic hydroxyl groups excluding tert-OH is 1. The number of aliphatic hydroxyl groups is 4. The molecule has 0 spiro atoms. The van der Waals surface area contributed by atoms with Crippen LogP contribution in [0.1, 0.15) is 0 Å². The van der Waals surface area contributed by atoms with Crippen molar-refractivity contribution in [2.75, 3.05) is 56.9 Å². The lowest BCUT2D eigenvalue weighted by atomic mass is 10.0. The highest BCUT2D eigenvalue weighted by molar-refractivity contribution is 6.12. The Morgan fingerprint density at radius 2 is 1.86 bits per heavy atom. The summed E-state index contributed by atoms with van der Waals surface area (Å²) in [6.45, 7) is 1.36. The SMILES string of the molecule is [B]C(O)(O)n1cc(-c2ccnc(Nc3cc(NC(=O)C=C(O)O)c(N(C)CCN(C)C)cc3OC)n2)c2ccccc21. The summed E-state index contributed by atoms with van der Waals surface area (Å²) in [6, 6.07) is 12.1. The maximum Gasteiger partial charge on any atom is 0.279 e. The number of nitrogens with one attached hydrogen (secondary N) is 2. The predicted molar refractivity (Wildman–Crippen MR) is 161 cm³/mol. The first-order chi connectivity index (χ1) is 19.9. The molecule has 0 aliphatic rings.